The molecule has 0 bridgehead atoms. The largest absolute Gasteiger partial charge is 0.359 e. The number of carbonyl (C=O) groups is 1. The highest BCUT2D eigenvalue weighted by Gasteiger charge is 2.10. The molecule has 0 fully saturated rings. The molecule has 1 aromatic rings. The van der Waals surface area contributed by atoms with Crippen molar-refractivity contribution in [3.63, 3.8) is 0 Å². The minimum atomic E-state index is 0.0207. The fourth-order valence-electron chi connectivity index (χ4n) is 1.21. The fourth-order valence-corrected chi connectivity index (χ4v) is 1.21. The molecule has 1 aromatic heterocycles. The third kappa shape index (κ3) is 2.86. The molecule has 1 N–H and O–H groups in total. The van der Waals surface area contributed by atoms with E-state index in [1.165, 1.54) is 0 Å². The Hall–Kier alpha value is -1.38. The number of aromatic nitrogens is 1. The van der Waals surface area contributed by atoms with Gasteiger partial charge in [0.1, 0.15) is 0 Å². The lowest BCUT2D eigenvalue weighted by atomic mass is 10.0. The maximum atomic E-state index is 11.2. The van der Waals surface area contributed by atoms with Crippen LogP contribution in [0.15, 0.2) is 24.5 Å². The molecule has 0 saturated carbocycles. The van der Waals surface area contributed by atoms with Crippen LogP contribution in [0.25, 0.3) is 0 Å². The van der Waals surface area contributed by atoms with E-state index in [1.807, 2.05) is 19.1 Å². The molecule has 3 nitrogen and oxygen atoms in total. The van der Waals surface area contributed by atoms with Gasteiger partial charge in [0.15, 0.2) is 0 Å². The quantitative estimate of drug-likeness (QED) is 0.750. The third-order valence-electron chi connectivity index (χ3n) is 1.99. The van der Waals surface area contributed by atoms with Gasteiger partial charge in [-0.1, -0.05) is 6.92 Å². The van der Waals surface area contributed by atoms with E-state index in [9.17, 15) is 4.79 Å². The first-order chi connectivity index (χ1) is 6.24. The number of pyridine rings is 1. The Kier molecular flexibility index (Phi) is 3.43. The molecule has 1 amide bonds. The second kappa shape index (κ2) is 4.60. The van der Waals surface area contributed by atoms with Crippen molar-refractivity contribution in [2.24, 2.45) is 5.92 Å². The van der Waals surface area contributed by atoms with Crippen molar-refractivity contribution in [2.45, 2.75) is 13.3 Å². The van der Waals surface area contributed by atoms with E-state index in [0.717, 1.165) is 12.0 Å². The summed E-state index contributed by atoms with van der Waals surface area (Å²) in [5, 5.41) is 2.63. The van der Waals surface area contributed by atoms with E-state index < -0.39 is 0 Å². The van der Waals surface area contributed by atoms with E-state index in [4.69, 9.17) is 0 Å². The van der Waals surface area contributed by atoms with Gasteiger partial charge in [0.25, 0.3) is 0 Å². The number of amides is 1. The Morgan fingerprint density at radius 2 is 2.15 bits per heavy atom. The number of nitrogens with one attached hydrogen (secondary N) is 1. The van der Waals surface area contributed by atoms with Crippen molar-refractivity contribution in [3.05, 3.63) is 30.1 Å². The lowest BCUT2D eigenvalue weighted by molar-refractivity contribution is -0.123. The average molecular weight is 178 g/mol. The predicted octanol–water partition coefficient (Wildman–Crippen LogP) is 1.01. The zero-order valence-electron chi connectivity index (χ0n) is 7.95. The number of hydrogen-bond donors (Lipinski definition) is 1. The minimum Gasteiger partial charge on any atom is -0.359 e. The highest BCUT2D eigenvalue weighted by atomic mass is 16.1. The van der Waals surface area contributed by atoms with Crippen molar-refractivity contribution in [2.75, 3.05) is 7.05 Å². The van der Waals surface area contributed by atoms with E-state index in [0.29, 0.717) is 0 Å². The molecule has 0 spiro atoms. The van der Waals surface area contributed by atoms with Gasteiger partial charge in [-0.15, -0.1) is 0 Å². The number of hydrogen-bond acceptors (Lipinski definition) is 2. The van der Waals surface area contributed by atoms with Crippen LogP contribution in [0.3, 0.4) is 0 Å². The Morgan fingerprint density at radius 3 is 2.69 bits per heavy atom. The topological polar surface area (TPSA) is 42.0 Å². The molecule has 1 rings (SSSR count). The summed E-state index contributed by atoms with van der Waals surface area (Å²) >= 11 is 0. The number of carbonyl (C=O) groups excluding carboxylic acids is 1. The van der Waals surface area contributed by atoms with Crippen molar-refractivity contribution >= 4 is 5.91 Å². The van der Waals surface area contributed by atoms with Gasteiger partial charge < -0.3 is 5.32 Å². The molecular formula is C10H14N2O. The second-order valence-electron chi connectivity index (χ2n) is 3.07. The molecule has 3 heteroatoms. The van der Waals surface area contributed by atoms with Crippen LogP contribution in [-0.2, 0) is 11.2 Å². The van der Waals surface area contributed by atoms with Crippen LogP contribution in [0.2, 0.25) is 0 Å². The summed E-state index contributed by atoms with van der Waals surface area (Å²) in [4.78, 5) is 15.1. The summed E-state index contributed by atoms with van der Waals surface area (Å²) in [6.07, 6.45) is 4.25. The smallest absolute Gasteiger partial charge is 0.222 e. The van der Waals surface area contributed by atoms with Crippen LogP contribution in [-0.4, -0.2) is 17.9 Å². The molecule has 1 atom stereocenters. The molecule has 70 valence electrons. The lowest BCUT2D eigenvalue weighted by Gasteiger charge is -2.08. The maximum Gasteiger partial charge on any atom is 0.222 e. The molecule has 1 unspecified atom stereocenters. The van der Waals surface area contributed by atoms with Gasteiger partial charge in [-0.3, -0.25) is 9.78 Å². The summed E-state index contributed by atoms with van der Waals surface area (Å²) in [5.41, 5.74) is 1.14. The van der Waals surface area contributed by atoms with Gasteiger partial charge in [-0.2, -0.15) is 0 Å². The normalized spacial score (nSPS) is 12.2. The summed E-state index contributed by atoms with van der Waals surface area (Å²) in [7, 11) is 1.66. The van der Waals surface area contributed by atoms with Crippen LogP contribution in [0.1, 0.15) is 12.5 Å². The van der Waals surface area contributed by atoms with Crippen molar-refractivity contribution < 1.29 is 4.79 Å². The van der Waals surface area contributed by atoms with Gasteiger partial charge in [0.05, 0.1) is 0 Å². The molecule has 0 aromatic carbocycles. The Bertz CT molecular complexity index is 272. The molecule has 0 aliphatic heterocycles. The summed E-state index contributed by atoms with van der Waals surface area (Å²) in [6, 6.07) is 3.86. The Labute approximate surface area is 78.2 Å². The standard InChI is InChI=1S/C10H14N2O/c1-8(10(13)11-2)7-9-3-5-12-6-4-9/h3-6,8H,7H2,1-2H3,(H,11,13). The maximum absolute atomic E-state index is 11.2. The van der Waals surface area contributed by atoms with Crippen LogP contribution >= 0.6 is 0 Å². The zero-order valence-corrected chi connectivity index (χ0v) is 7.95. The molecule has 0 aliphatic carbocycles. The minimum absolute atomic E-state index is 0.0207. The first-order valence-electron chi connectivity index (χ1n) is 4.34. The molecular weight excluding hydrogens is 164 g/mol. The lowest BCUT2D eigenvalue weighted by Crippen LogP contribution is -2.26. The van der Waals surface area contributed by atoms with Gasteiger partial charge in [-0.05, 0) is 24.1 Å². The monoisotopic (exact) mass is 178 g/mol. The van der Waals surface area contributed by atoms with Crippen molar-refractivity contribution in [1.29, 1.82) is 0 Å². The SMILES string of the molecule is CNC(=O)C(C)Cc1ccncc1. The second-order valence-corrected chi connectivity index (χ2v) is 3.07. The molecule has 1 heterocycles. The van der Waals surface area contributed by atoms with Gasteiger partial charge >= 0.3 is 0 Å². The average Bonchev–Trinajstić information content (AvgIpc) is 2.18. The molecule has 13 heavy (non-hydrogen) atoms. The number of rotatable bonds is 3. The first-order valence-corrected chi connectivity index (χ1v) is 4.34. The van der Waals surface area contributed by atoms with Crippen molar-refractivity contribution in [3.8, 4) is 0 Å². The Balaban J connectivity index is 2.55. The third-order valence-corrected chi connectivity index (χ3v) is 1.99. The highest BCUT2D eigenvalue weighted by Crippen LogP contribution is 2.06. The zero-order chi connectivity index (χ0) is 9.68. The van der Waals surface area contributed by atoms with Crippen LogP contribution in [0.4, 0.5) is 0 Å². The van der Waals surface area contributed by atoms with Gasteiger partial charge in [0.2, 0.25) is 5.91 Å². The van der Waals surface area contributed by atoms with Crippen molar-refractivity contribution in [1.82, 2.24) is 10.3 Å². The molecule has 0 saturated heterocycles. The van der Waals surface area contributed by atoms with Crippen LogP contribution in [0.5, 0.6) is 0 Å². The molecule has 0 aliphatic rings. The fraction of sp³-hybridized carbons (Fsp3) is 0.400. The predicted molar refractivity (Wildman–Crippen MR) is 51.2 cm³/mol. The van der Waals surface area contributed by atoms with Gasteiger partial charge in [-0.25, -0.2) is 0 Å². The van der Waals surface area contributed by atoms with Crippen LogP contribution in [0, 0.1) is 5.92 Å². The van der Waals surface area contributed by atoms with Crippen LogP contribution < -0.4 is 5.32 Å². The number of nitrogens with zero attached hydrogens (tertiary/aromatic N) is 1. The van der Waals surface area contributed by atoms with Gasteiger partial charge in [0, 0.05) is 25.4 Å². The molecule has 0 radical (unpaired) electrons. The van der Waals surface area contributed by atoms with E-state index in [1.54, 1.807) is 19.4 Å². The van der Waals surface area contributed by atoms with E-state index in [2.05, 4.69) is 10.3 Å². The highest BCUT2D eigenvalue weighted by molar-refractivity contribution is 5.78. The Morgan fingerprint density at radius 1 is 1.54 bits per heavy atom. The summed E-state index contributed by atoms with van der Waals surface area (Å²) in [6.45, 7) is 1.92. The summed E-state index contributed by atoms with van der Waals surface area (Å²) in [5.74, 6) is 0.101. The summed E-state index contributed by atoms with van der Waals surface area (Å²) < 4.78 is 0. The first kappa shape index (κ1) is 9.71. The van der Waals surface area contributed by atoms with E-state index in [-0.39, 0.29) is 11.8 Å². The van der Waals surface area contributed by atoms with E-state index >= 15 is 0 Å².